The normalized spacial score (nSPS) is 48.8. The van der Waals surface area contributed by atoms with Crippen LogP contribution >= 0.6 is 0 Å². The minimum Gasteiger partial charge on any atom is -0.416 e. The molecular weight excluding hydrogens is 673 g/mol. The van der Waals surface area contributed by atoms with Crippen LogP contribution in [0.15, 0.2) is 0 Å². The summed E-state index contributed by atoms with van der Waals surface area (Å²) in [5.41, 5.74) is -0.0864. The highest BCUT2D eigenvalue weighted by atomic mass is 28.5. The Kier molecular flexibility index (Phi) is 9.40. The Morgan fingerprint density at radius 2 is 0.562 bits per heavy atom. The molecule has 0 aromatic heterocycles. The molecule has 9 aliphatic rings. The standard InChI is InChI=1S/C36H64O8Si4/c1-45(2)41-46(3,4)43-48(35-31(39-35)27-21-13-7-14-22-27,36-32(40-36)28-23-15-8-16-24-28)44-47(42-45,33-29(37-33)25-17-9-5-10-18-25)34-30(38-34)26-19-11-6-12-20-26/h25-36H,5-24H2,1-4H3. The van der Waals surface area contributed by atoms with Gasteiger partial charge in [-0.15, -0.1) is 0 Å². The van der Waals surface area contributed by atoms with Gasteiger partial charge in [-0.25, -0.2) is 0 Å². The Morgan fingerprint density at radius 1 is 0.312 bits per heavy atom. The monoisotopic (exact) mass is 736 g/mol. The molecule has 5 aliphatic heterocycles. The van der Waals surface area contributed by atoms with Gasteiger partial charge >= 0.3 is 34.2 Å². The predicted octanol–water partition coefficient (Wildman–Crippen LogP) is 7.90. The van der Waals surface area contributed by atoms with Crippen molar-refractivity contribution in [2.24, 2.45) is 23.7 Å². The average Bonchev–Trinajstić information content (AvgIpc) is 3.92. The van der Waals surface area contributed by atoms with E-state index in [1.165, 1.54) is 128 Å². The summed E-state index contributed by atoms with van der Waals surface area (Å²) >= 11 is 0. The van der Waals surface area contributed by atoms with E-state index >= 15 is 0 Å². The van der Waals surface area contributed by atoms with Crippen molar-refractivity contribution in [1.82, 2.24) is 0 Å². The summed E-state index contributed by atoms with van der Waals surface area (Å²) in [4.78, 5) is 0. The Morgan fingerprint density at radius 3 is 0.812 bits per heavy atom. The third-order valence-corrected chi connectivity index (χ3v) is 31.8. The largest absolute Gasteiger partial charge is 0.416 e. The van der Waals surface area contributed by atoms with Crippen LogP contribution in [0.4, 0.5) is 0 Å². The zero-order valence-electron chi connectivity index (χ0n) is 30.3. The van der Waals surface area contributed by atoms with E-state index < -0.39 is 34.2 Å². The molecule has 0 bridgehead atoms. The third-order valence-electron chi connectivity index (χ3n) is 13.8. The maximum Gasteiger partial charge on any atom is 0.386 e. The number of rotatable bonds is 8. The molecule has 12 heteroatoms. The Hall–Kier alpha value is 0.548. The topological polar surface area (TPSA) is 87.0 Å². The molecule has 0 radical (unpaired) electrons. The summed E-state index contributed by atoms with van der Waals surface area (Å²) in [5.74, 6) is 2.35. The van der Waals surface area contributed by atoms with Gasteiger partial charge in [0.25, 0.3) is 0 Å². The van der Waals surface area contributed by atoms with Gasteiger partial charge in [0.2, 0.25) is 0 Å². The van der Waals surface area contributed by atoms with E-state index in [1.54, 1.807) is 0 Å². The van der Waals surface area contributed by atoms with E-state index in [1.807, 2.05) is 0 Å². The van der Waals surface area contributed by atoms with Crippen molar-refractivity contribution in [1.29, 1.82) is 0 Å². The Balaban J connectivity index is 1.12. The highest BCUT2D eigenvalue weighted by Gasteiger charge is 2.83. The molecule has 0 aromatic carbocycles. The van der Waals surface area contributed by atoms with Crippen LogP contribution in [0.2, 0.25) is 26.2 Å². The van der Waals surface area contributed by atoms with E-state index in [0.717, 1.165) is 0 Å². The molecular formula is C36H64O8Si4. The molecule has 5 heterocycles. The Labute approximate surface area is 294 Å². The van der Waals surface area contributed by atoms with Crippen LogP contribution in [0.5, 0.6) is 0 Å². The molecule has 0 aromatic rings. The summed E-state index contributed by atoms with van der Waals surface area (Å²) in [6, 6.07) is 0. The van der Waals surface area contributed by atoms with E-state index in [4.69, 9.17) is 35.4 Å². The molecule has 272 valence electrons. The van der Waals surface area contributed by atoms with Gasteiger partial charge in [0.05, 0.1) is 24.4 Å². The van der Waals surface area contributed by atoms with Gasteiger partial charge in [-0.3, -0.25) is 0 Å². The van der Waals surface area contributed by atoms with Crippen molar-refractivity contribution in [3.05, 3.63) is 0 Å². The summed E-state index contributed by atoms with van der Waals surface area (Å²) < 4.78 is 58.7. The highest BCUT2D eigenvalue weighted by Crippen LogP contribution is 2.58. The van der Waals surface area contributed by atoms with Crippen molar-refractivity contribution in [3.8, 4) is 0 Å². The summed E-state index contributed by atoms with van der Waals surface area (Å²) in [5, 5.41) is 0. The lowest BCUT2D eigenvalue weighted by Crippen LogP contribution is -2.76. The molecule has 5 saturated heterocycles. The smallest absolute Gasteiger partial charge is 0.386 e. The second-order valence-electron chi connectivity index (χ2n) is 18.3. The molecule has 8 nitrogen and oxygen atoms in total. The number of hydrogen-bond donors (Lipinski definition) is 0. The quantitative estimate of drug-likeness (QED) is 0.184. The van der Waals surface area contributed by atoms with E-state index in [2.05, 4.69) is 26.2 Å². The maximum atomic E-state index is 8.24. The lowest BCUT2D eigenvalue weighted by atomic mass is 9.87. The second-order valence-corrected chi connectivity index (χ2v) is 32.4. The molecule has 0 N–H and O–H groups in total. The minimum atomic E-state index is -3.24. The number of hydrogen-bond acceptors (Lipinski definition) is 8. The van der Waals surface area contributed by atoms with Gasteiger partial charge in [0.15, 0.2) is 0 Å². The molecule has 0 amide bonds. The van der Waals surface area contributed by atoms with Crippen molar-refractivity contribution in [3.63, 3.8) is 0 Å². The molecule has 9 rings (SSSR count). The van der Waals surface area contributed by atoms with Crippen molar-refractivity contribution in [2.75, 3.05) is 0 Å². The maximum absolute atomic E-state index is 8.24. The fourth-order valence-corrected chi connectivity index (χ4v) is 35.3. The second kappa shape index (κ2) is 13.1. The van der Waals surface area contributed by atoms with E-state index in [9.17, 15) is 0 Å². The number of ether oxygens (including phenoxy) is 4. The van der Waals surface area contributed by atoms with Crippen LogP contribution in [-0.4, -0.2) is 81.6 Å². The lowest BCUT2D eigenvalue weighted by Gasteiger charge is -2.49. The Bertz CT molecular complexity index is 1000. The van der Waals surface area contributed by atoms with Gasteiger partial charge in [-0.05, 0) is 101 Å². The van der Waals surface area contributed by atoms with Crippen molar-refractivity contribution < 1.29 is 35.4 Å². The zero-order chi connectivity index (χ0) is 32.7. The van der Waals surface area contributed by atoms with Gasteiger partial charge in [0, 0.05) is 0 Å². The van der Waals surface area contributed by atoms with Gasteiger partial charge in [-0.2, -0.15) is 0 Å². The van der Waals surface area contributed by atoms with Gasteiger partial charge in [-0.1, -0.05) is 77.0 Å². The van der Waals surface area contributed by atoms with Gasteiger partial charge in [0.1, 0.15) is 22.9 Å². The molecule has 4 aliphatic carbocycles. The molecule has 4 saturated carbocycles. The molecule has 0 spiro atoms. The fraction of sp³-hybridized carbons (Fsp3) is 1.00. The molecule has 8 atom stereocenters. The first kappa shape index (κ1) is 34.3. The third kappa shape index (κ3) is 6.65. The molecule has 8 unspecified atom stereocenters. The highest BCUT2D eigenvalue weighted by molar-refractivity contribution is 6.96. The first-order valence-corrected chi connectivity index (χ1v) is 30.2. The van der Waals surface area contributed by atoms with Crippen LogP contribution in [0.3, 0.4) is 0 Å². The molecule has 9 fully saturated rings. The fourth-order valence-electron chi connectivity index (χ4n) is 11.6. The SMILES string of the molecule is C[Si]1(C)O[Si](C)(C)O[Si](C2OC2C2CCCCC2)(C2OC2C2CCCCC2)O[Si](C2OC2C2CCCCC2)(C2OC2C2CCCCC2)O1. The van der Waals surface area contributed by atoms with Crippen LogP contribution in [-0.2, 0) is 35.4 Å². The van der Waals surface area contributed by atoms with Crippen molar-refractivity contribution in [2.45, 2.75) is 202 Å². The van der Waals surface area contributed by atoms with Gasteiger partial charge < -0.3 is 35.4 Å². The lowest BCUT2D eigenvalue weighted by molar-refractivity contribution is 0.183. The van der Waals surface area contributed by atoms with Crippen LogP contribution < -0.4 is 0 Å². The molecule has 48 heavy (non-hydrogen) atoms. The minimum absolute atomic E-state index is 0.0216. The predicted molar refractivity (Wildman–Crippen MR) is 192 cm³/mol. The van der Waals surface area contributed by atoms with Crippen LogP contribution in [0, 0.1) is 23.7 Å². The average molecular weight is 737 g/mol. The first-order valence-electron chi connectivity index (χ1n) is 20.6. The van der Waals surface area contributed by atoms with Crippen LogP contribution in [0.25, 0.3) is 0 Å². The first-order chi connectivity index (χ1) is 23.2. The summed E-state index contributed by atoms with van der Waals surface area (Å²) in [7, 11) is -11.8. The zero-order valence-corrected chi connectivity index (χ0v) is 34.3. The van der Waals surface area contributed by atoms with Crippen LogP contribution in [0.1, 0.15) is 128 Å². The number of epoxide rings is 4. The summed E-state index contributed by atoms with van der Waals surface area (Å²) in [6.07, 6.45) is 26.7. The van der Waals surface area contributed by atoms with Crippen molar-refractivity contribution >= 4 is 34.2 Å². The van der Waals surface area contributed by atoms with E-state index in [0.29, 0.717) is 23.7 Å². The summed E-state index contributed by atoms with van der Waals surface area (Å²) in [6.45, 7) is 8.94. The van der Waals surface area contributed by atoms with E-state index in [-0.39, 0.29) is 47.3 Å².